The van der Waals surface area contributed by atoms with Crippen molar-refractivity contribution in [2.24, 2.45) is 56.7 Å². The van der Waals surface area contributed by atoms with Gasteiger partial charge in [0.25, 0.3) is 0 Å². The molecule has 0 bridgehead atoms. The van der Waals surface area contributed by atoms with E-state index in [9.17, 15) is 27.9 Å². The molecule has 2 saturated heterocycles. The molecule has 7 fully saturated rings. The average Bonchev–Trinajstić information content (AvgIpc) is 3.64. The van der Waals surface area contributed by atoms with Crippen molar-refractivity contribution >= 4 is 12.2 Å². The molecule has 0 aromatic rings. The van der Waals surface area contributed by atoms with Gasteiger partial charge < -0.3 is 29.5 Å². The molecule has 5 saturated carbocycles. The highest BCUT2D eigenvalue weighted by molar-refractivity contribution is 5.68. The summed E-state index contributed by atoms with van der Waals surface area (Å²) in [7, 11) is 3.38. The van der Waals surface area contributed by atoms with Crippen molar-refractivity contribution in [2.75, 3.05) is 33.7 Å². The van der Waals surface area contributed by atoms with Crippen molar-refractivity contribution in [1.82, 2.24) is 15.1 Å². The monoisotopic (exact) mass is 725 g/mol. The lowest BCUT2D eigenvalue weighted by Gasteiger charge is -2.63. The van der Waals surface area contributed by atoms with Crippen LogP contribution in [0.15, 0.2) is 0 Å². The number of nitrogens with one attached hydrogen (secondary N) is 1. The van der Waals surface area contributed by atoms with Gasteiger partial charge in [-0.05, 0) is 97.2 Å². The summed E-state index contributed by atoms with van der Waals surface area (Å²) < 4.78 is 57.2. The molecule has 2 N–H and O–H groups in total. The van der Waals surface area contributed by atoms with Crippen molar-refractivity contribution in [1.29, 1.82) is 0 Å². The number of aliphatic hydroxyl groups excluding tert-OH is 1. The number of carbonyl (C=O) groups excluding carboxylic acids is 2. The highest BCUT2D eigenvalue weighted by atomic mass is 19.4. The molecule has 2 aliphatic heterocycles. The van der Waals surface area contributed by atoms with E-state index in [0.717, 1.165) is 51.4 Å². The summed E-state index contributed by atoms with van der Waals surface area (Å²) in [6, 6.07) is -0.329. The summed E-state index contributed by atoms with van der Waals surface area (Å²) in [5.41, 5.74) is -0.380. The molecule has 13 atom stereocenters. The van der Waals surface area contributed by atoms with E-state index in [2.05, 4.69) is 53.8 Å². The Balaban J connectivity index is 1.06. The van der Waals surface area contributed by atoms with Crippen LogP contribution in [0, 0.1) is 56.7 Å². The van der Waals surface area contributed by atoms with Gasteiger partial charge in [-0.1, -0.05) is 48.5 Å². The zero-order valence-corrected chi connectivity index (χ0v) is 32.1. The molecule has 5 aliphatic carbocycles. The van der Waals surface area contributed by atoms with Crippen LogP contribution in [-0.4, -0.2) is 104 Å². The first-order chi connectivity index (χ1) is 23.6. The number of halogens is 3. The van der Waals surface area contributed by atoms with Crippen LogP contribution >= 0.6 is 0 Å². The van der Waals surface area contributed by atoms with Crippen molar-refractivity contribution in [2.45, 2.75) is 143 Å². The highest BCUT2D eigenvalue weighted by Crippen LogP contribution is 2.89. The number of alkyl carbamates (subject to hydrolysis) is 1. The summed E-state index contributed by atoms with van der Waals surface area (Å²) in [5.74, 6) is 1.33. The Morgan fingerprint density at radius 3 is 2.29 bits per heavy atom. The summed E-state index contributed by atoms with van der Waals surface area (Å²) in [6.07, 6.45) is 0.883. The van der Waals surface area contributed by atoms with Gasteiger partial charge in [0.05, 0.1) is 30.9 Å². The third kappa shape index (κ3) is 5.47. The van der Waals surface area contributed by atoms with Crippen LogP contribution in [-0.2, 0) is 14.2 Å². The van der Waals surface area contributed by atoms with Crippen molar-refractivity contribution in [3.05, 3.63) is 0 Å². The quantitative estimate of drug-likeness (QED) is 0.309. The molecule has 7 aliphatic rings. The number of aliphatic hydroxyl groups is 1. The zero-order chi connectivity index (χ0) is 37.3. The molecular weight excluding hydrogens is 663 g/mol. The lowest BCUT2D eigenvalue weighted by Crippen LogP contribution is -2.62. The number of amides is 2. The number of fused-ring (bicyclic) bond motifs is 4. The van der Waals surface area contributed by atoms with E-state index in [1.807, 2.05) is 0 Å². The molecule has 12 heteroatoms. The van der Waals surface area contributed by atoms with Gasteiger partial charge in [-0.25, -0.2) is 9.59 Å². The van der Waals surface area contributed by atoms with E-state index < -0.39 is 31.0 Å². The van der Waals surface area contributed by atoms with Gasteiger partial charge in [0.2, 0.25) is 0 Å². The molecule has 0 aromatic carbocycles. The van der Waals surface area contributed by atoms with Crippen LogP contribution in [0.25, 0.3) is 0 Å². The number of ether oxygens (including phenoxy) is 3. The molecule has 7 rings (SSSR count). The van der Waals surface area contributed by atoms with Gasteiger partial charge in [0.1, 0.15) is 12.2 Å². The van der Waals surface area contributed by atoms with E-state index in [1.165, 1.54) is 9.80 Å². The normalized spacial score (nSPS) is 46.3. The number of likely N-dealkylation sites (tertiary alicyclic amines) is 1. The Bertz CT molecular complexity index is 1390. The Morgan fingerprint density at radius 2 is 1.67 bits per heavy atom. The molecule has 2 heterocycles. The largest absolute Gasteiger partial charge is 0.446 e. The van der Waals surface area contributed by atoms with Crippen molar-refractivity contribution in [3.63, 3.8) is 0 Å². The Kier molecular flexibility index (Phi) is 8.91. The summed E-state index contributed by atoms with van der Waals surface area (Å²) >= 11 is 0. The molecule has 0 radical (unpaired) electrons. The third-order valence-corrected chi connectivity index (χ3v) is 16.3. The summed E-state index contributed by atoms with van der Waals surface area (Å²) in [6.45, 7) is 15.1. The van der Waals surface area contributed by atoms with E-state index in [-0.39, 0.29) is 82.4 Å². The minimum Gasteiger partial charge on any atom is -0.446 e. The van der Waals surface area contributed by atoms with E-state index in [0.29, 0.717) is 17.8 Å². The first-order valence-electron chi connectivity index (χ1n) is 19.6. The molecule has 51 heavy (non-hydrogen) atoms. The van der Waals surface area contributed by atoms with Crippen LogP contribution in [0.1, 0.15) is 99.8 Å². The fourth-order valence-electron chi connectivity index (χ4n) is 14.0. The van der Waals surface area contributed by atoms with Gasteiger partial charge in [0.15, 0.2) is 0 Å². The molecule has 8 unspecified atom stereocenters. The smallest absolute Gasteiger partial charge is 0.409 e. The molecule has 290 valence electrons. The Morgan fingerprint density at radius 1 is 1.02 bits per heavy atom. The maximum absolute atomic E-state index is 13.0. The Labute approximate surface area is 302 Å². The first kappa shape index (κ1) is 37.5. The fourth-order valence-corrected chi connectivity index (χ4v) is 14.0. The van der Waals surface area contributed by atoms with Gasteiger partial charge in [-0.15, -0.1) is 0 Å². The van der Waals surface area contributed by atoms with Gasteiger partial charge >= 0.3 is 18.4 Å². The van der Waals surface area contributed by atoms with Crippen molar-refractivity contribution < 1.29 is 42.1 Å². The second-order valence-corrected chi connectivity index (χ2v) is 19.6. The maximum atomic E-state index is 13.0. The summed E-state index contributed by atoms with van der Waals surface area (Å²) in [5, 5.41) is 15.4. The SMILES string of the molecule is CC(C)C(OC(=O)N(C)C)C1C[C@@H](C)[C@H]2C(O1)[C@H](O)[C@@]1(C)C3CC[C@H]4C(C)(C)C(OC(=O)NC5CN(CC(F)(F)F)C5)CCC45CC35CCC21C. The van der Waals surface area contributed by atoms with Crippen molar-refractivity contribution in [3.8, 4) is 0 Å². The lowest BCUT2D eigenvalue weighted by atomic mass is 9.41. The van der Waals surface area contributed by atoms with E-state index >= 15 is 0 Å². The standard InChI is InChI=1S/C39H62F3N3O6/c1-21(2)29(51-33(48)44(8)9)24-16-22(3)28-30(49-24)31(46)36(7)26-11-10-25-34(4,5)27(12-13-37(25)19-38(26,37)15-14-35(28,36)6)50-32(47)43-23-17-45(18-23)20-39(40,41)42/h21-31,46H,10-20H2,1-9H3,(H,43,47)/t22-,24?,25+,26?,27?,28+,29?,30?,31+,35?,36-,37?,38?/m1/s1. The van der Waals surface area contributed by atoms with Gasteiger partial charge in [-0.2, -0.15) is 13.2 Å². The van der Waals surface area contributed by atoms with Crippen LogP contribution in [0.5, 0.6) is 0 Å². The molecule has 9 nitrogen and oxygen atoms in total. The van der Waals surface area contributed by atoms with Crippen LogP contribution in [0.2, 0.25) is 0 Å². The van der Waals surface area contributed by atoms with E-state index in [1.54, 1.807) is 14.1 Å². The number of rotatable bonds is 6. The molecular formula is C39H62F3N3O6. The first-order valence-corrected chi connectivity index (χ1v) is 19.6. The van der Waals surface area contributed by atoms with E-state index in [4.69, 9.17) is 14.2 Å². The number of hydrogen-bond donors (Lipinski definition) is 2. The summed E-state index contributed by atoms with van der Waals surface area (Å²) in [4.78, 5) is 28.4. The number of alkyl halides is 3. The lowest BCUT2D eigenvalue weighted by molar-refractivity contribution is -0.185. The highest BCUT2D eigenvalue weighted by Gasteiger charge is 2.84. The molecule has 2 spiro atoms. The maximum Gasteiger partial charge on any atom is 0.409 e. The second kappa shape index (κ2) is 12.1. The van der Waals surface area contributed by atoms with Gasteiger partial charge in [0, 0.05) is 38.0 Å². The molecule has 0 aromatic heterocycles. The minimum atomic E-state index is -4.24. The van der Waals surface area contributed by atoms with Crippen LogP contribution in [0.4, 0.5) is 22.8 Å². The number of carbonyl (C=O) groups is 2. The third-order valence-electron chi connectivity index (χ3n) is 16.3. The number of hydrogen-bond acceptors (Lipinski definition) is 7. The average molecular weight is 726 g/mol. The van der Waals surface area contributed by atoms with Crippen LogP contribution in [0.3, 0.4) is 0 Å². The van der Waals surface area contributed by atoms with Crippen LogP contribution < -0.4 is 5.32 Å². The molecule has 2 amide bonds. The Hall–Kier alpha value is -1.79. The minimum absolute atomic E-state index is 0.0693. The zero-order valence-electron chi connectivity index (χ0n) is 32.1. The fraction of sp³-hybridized carbons (Fsp3) is 0.949. The predicted octanol–water partition coefficient (Wildman–Crippen LogP) is 6.86. The second-order valence-electron chi connectivity index (χ2n) is 19.6. The topological polar surface area (TPSA) is 101 Å². The predicted molar refractivity (Wildman–Crippen MR) is 185 cm³/mol. The number of nitrogens with zero attached hydrogens (tertiary/aromatic N) is 2. The van der Waals surface area contributed by atoms with Gasteiger partial charge in [-0.3, -0.25) is 4.90 Å².